The van der Waals surface area contributed by atoms with E-state index in [0.717, 1.165) is 16.5 Å². The lowest BCUT2D eigenvalue weighted by molar-refractivity contribution is -0.384. The Morgan fingerprint density at radius 2 is 1.72 bits per heavy atom. The van der Waals surface area contributed by atoms with Gasteiger partial charge in [0.25, 0.3) is 5.69 Å². The molecule has 0 saturated carbocycles. The number of pyridine rings is 1. The largest absolute Gasteiger partial charge is 0.459 e. The van der Waals surface area contributed by atoms with Crippen LogP contribution in [0.3, 0.4) is 0 Å². The predicted molar refractivity (Wildman–Crippen MR) is 241 cm³/mol. The van der Waals surface area contributed by atoms with Crippen molar-refractivity contribution < 1.29 is 53.6 Å². The Labute approximate surface area is 375 Å². The molecule has 16 heteroatoms. The minimum Gasteiger partial charge on any atom is -0.459 e. The number of carbonyl (C=O) groups is 2. The van der Waals surface area contributed by atoms with Crippen LogP contribution in [0.4, 0.5) is 5.69 Å². The maximum absolute atomic E-state index is 14.6. The molecule has 350 valence electrons. The van der Waals surface area contributed by atoms with Crippen molar-refractivity contribution in [2.24, 2.45) is 28.8 Å². The molecule has 3 heterocycles. The number of carbonyl (C=O) groups excluding carboxylic acids is 2. The van der Waals surface area contributed by atoms with Crippen LogP contribution in [0, 0.1) is 33.8 Å². The van der Waals surface area contributed by atoms with E-state index < -0.39 is 82.3 Å². The maximum Gasteiger partial charge on any atom is 0.316 e. The number of para-hydroxylation sites is 1. The smallest absolute Gasteiger partial charge is 0.316 e. The molecule has 3 aromatic rings. The Kier molecular flexibility index (Phi) is 16.9. The third kappa shape index (κ3) is 11.8. The first-order valence-electron chi connectivity index (χ1n) is 22.1. The van der Waals surface area contributed by atoms with Crippen LogP contribution < -0.4 is 0 Å². The van der Waals surface area contributed by atoms with Crippen molar-refractivity contribution in [1.29, 1.82) is 0 Å². The second kappa shape index (κ2) is 21.5. The lowest BCUT2D eigenvalue weighted by Gasteiger charge is -2.47. The minimum atomic E-state index is -2.01. The van der Waals surface area contributed by atoms with E-state index in [0.29, 0.717) is 17.7 Å². The molecular weight excluding hydrogens is 825 g/mol. The van der Waals surface area contributed by atoms with Gasteiger partial charge in [-0.2, -0.15) is 0 Å². The molecule has 0 spiro atoms. The van der Waals surface area contributed by atoms with Crippen molar-refractivity contribution in [3.8, 4) is 0 Å². The van der Waals surface area contributed by atoms with Crippen LogP contribution in [0.15, 0.2) is 72.0 Å². The molecule has 0 unspecified atom stereocenters. The molecule has 3 N–H and O–H groups in total. The number of nitro benzene ring substituents is 1. The molecule has 5 rings (SSSR count). The summed E-state index contributed by atoms with van der Waals surface area (Å²) in [6.07, 6.45) is -0.406. The number of nitro groups is 1. The quantitative estimate of drug-likeness (QED) is 0.0793. The summed E-state index contributed by atoms with van der Waals surface area (Å²) in [5.74, 6) is -5.32. The van der Waals surface area contributed by atoms with Gasteiger partial charge in [-0.25, -0.2) is 0 Å². The number of aliphatic hydroxyl groups is 3. The fourth-order valence-corrected chi connectivity index (χ4v) is 9.05. The van der Waals surface area contributed by atoms with Gasteiger partial charge in [-0.1, -0.05) is 63.2 Å². The van der Waals surface area contributed by atoms with Gasteiger partial charge in [0.1, 0.15) is 30.3 Å². The summed E-state index contributed by atoms with van der Waals surface area (Å²) in [4.78, 5) is 51.6. The predicted octanol–water partition coefficient (Wildman–Crippen LogP) is 6.27. The molecule has 2 fully saturated rings. The average Bonchev–Trinajstić information content (AvgIpc) is 3.26. The van der Waals surface area contributed by atoms with Crippen LogP contribution in [0.25, 0.3) is 17.0 Å². The Hall–Kier alpha value is -4.68. The molecule has 16 nitrogen and oxygen atoms in total. The highest BCUT2D eigenvalue weighted by Crippen LogP contribution is 2.39. The first-order chi connectivity index (χ1) is 30.2. The molecule has 0 amide bonds. The third-order valence-corrected chi connectivity index (χ3v) is 12.9. The number of non-ortho nitro benzene ring substituents is 1. The van der Waals surface area contributed by atoms with E-state index in [9.17, 15) is 35.0 Å². The summed E-state index contributed by atoms with van der Waals surface area (Å²) in [6, 6.07) is 15.2. The first-order valence-corrected chi connectivity index (χ1v) is 22.1. The highest BCUT2D eigenvalue weighted by Gasteiger charge is 2.52. The monoisotopic (exact) mass is 890 g/mol. The van der Waals surface area contributed by atoms with Crippen molar-refractivity contribution in [3.63, 3.8) is 0 Å². The van der Waals surface area contributed by atoms with Crippen LogP contribution in [0.5, 0.6) is 0 Å². The topological polar surface area (TPSA) is 213 Å². The van der Waals surface area contributed by atoms with Gasteiger partial charge in [0, 0.05) is 47.5 Å². The Morgan fingerprint density at radius 1 is 1.03 bits per heavy atom. The van der Waals surface area contributed by atoms with E-state index in [2.05, 4.69) is 10.1 Å². The Morgan fingerprint density at radius 3 is 2.38 bits per heavy atom. The number of nitrogens with zero attached hydrogens (tertiary/aromatic N) is 4. The molecule has 13 atom stereocenters. The van der Waals surface area contributed by atoms with E-state index >= 15 is 0 Å². The zero-order valence-corrected chi connectivity index (χ0v) is 38.6. The number of aromatic nitrogens is 1. The molecular formula is C48H66N4O12. The number of cyclic esters (lactones) is 1. The number of likely N-dealkylation sites (N-methyl/N-ethyl adjacent to an activating group) is 1. The van der Waals surface area contributed by atoms with Gasteiger partial charge in [-0.05, 0) is 96.4 Å². The third-order valence-electron chi connectivity index (χ3n) is 12.9. The summed E-state index contributed by atoms with van der Waals surface area (Å²) in [6.45, 7) is 13.3. The molecule has 0 radical (unpaired) electrons. The Balaban J connectivity index is 1.61. The number of hydrogen-bond donors (Lipinski definition) is 3. The van der Waals surface area contributed by atoms with Crippen molar-refractivity contribution in [3.05, 3.63) is 88.1 Å². The van der Waals surface area contributed by atoms with Gasteiger partial charge in [0.15, 0.2) is 12.1 Å². The van der Waals surface area contributed by atoms with Crippen molar-refractivity contribution in [2.75, 3.05) is 20.7 Å². The number of esters is 1. The highest BCUT2D eigenvalue weighted by molar-refractivity contribution is 6.00. The molecule has 0 bridgehead atoms. The number of ketones is 1. The number of benzene rings is 2. The summed E-state index contributed by atoms with van der Waals surface area (Å²) in [5, 5.41) is 52.5. The zero-order valence-electron chi connectivity index (χ0n) is 38.6. The normalized spacial score (nSPS) is 34.2. The number of ether oxygens (including phenoxy) is 4. The Bertz CT molecular complexity index is 2130. The molecule has 2 aliphatic rings. The van der Waals surface area contributed by atoms with Crippen LogP contribution in [-0.4, -0.2) is 122 Å². The second-order valence-electron chi connectivity index (χ2n) is 18.1. The number of fused-ring (bicyclic) bond motifs is 1. The van der Waals surface area contributed by atoms with E-state index in [4.69, 9.17) is 23.8 Å². The summed E-state index contributed by atoms with van der Waals surface area (Å²) in [7, 11) is 3.72. The number of aliphatic hydroxyl groups excluding tert-OH is 2. The molecule has 2 saturated heterocycles. The standard InChI is InChI=1S/C48H66N4O12/c1-11-39-48(8,57)43(55)30(4)40(50-61-27-33-18-20-36(21-19-33)52(58)59)28(2)25-47(7,60-22-14-15-34-24-35-16-12-13-17-37(35)49-26-34)44(31(5)41(53)32(6)45(56)63-39)64-46-42(54)38(51(9)10)23-29(3)62-46/h12-21,24,26,28-32,38-39,42-44,46,54-55,57H,11,22-23,25,27H2,1-10H3/b15-14+,50-40+/t28-,29-,30+,31+,32-,38+,39-,42-,43-,44-,46+,47+,48-/m1/s1. The van der Waals surface area contributed by atoms with Crippen LogP contribution in [0.1, 0.15) is 85.8 Å². The van der Waals surface area contributed by atoms with E-state index in [1.807, 2.05) is 75.3 Å². The number of hydrogen-bond acceptors (Lipinski definition) is 15. The van der Waals surface area contributed by atoms with Gasteiger partial charge < -0.3 is 44.0 Å². The van der Waals surface area contributed by atoms with Crippen molar-refractivity contribution >= 4 is 40.1 Å². The van der Waals surface area contributed by atoms with E-state index in [1.54, 1.807) is 46.0 Å². The van der Waals surface area contributed by atoms with Crippen LogP contribution >= 0.6 is 0 Å². The van der Waals surface area contributed by atoms with Gasteiger partial charge in [-0.15, -0.1) is 0 Å². The van der Waals surface area contributed by atoms with Gasteiger partial charge >= 0.3 is 5.97 Å². The SMILES string of the molecule is CC[C@H]1OC(=O)[C@H](C)C(=O)[C@H](C)[C@@H](O[C@@H]2O[C@H](C)C[C@H](N(C)C)[C@H]2O)[C@@](C)(OC/C=C/c2cnc3ccccc3c2)C[C@@H](C)/C(=N\OCc2ccc([N+](=O)[O-])cc2)[C@H](C)[C@@H](O)[C@]1(C)O. The highest BCUT2D eigenvalue weighted by atomic mass is 16.7. The minimum absolute atomic E-state index is 0.0212. The molecule has 64 heavy (non-hydrogen) atoms. The summed E-state index contributed by atoms with van der Waals surface area (Å²) < 4.78 is 25.8. The van der Waals surface area contributed by atoms with Crippen LogP contribution in [0.2, 0.25) is 0 Å². The van der Waals surface area contributed by atoms with Crippen LogP contribution in [-0.2, 0) is 40.0 Å². The fraction of sp³-hybridized carbons (Fsp3) is 0.583. The number of oxime groups is 1. The molecule has 1 aromatic heterocycles. The van der Waals surface area contributed by atoms with Crippen molar-refractivity contribution in [2.45, 2.75) is 135 Å². The fourth-order valence-electron chi connectivity index (χ4n) is 9.05. The number of rotatable bonds is 12. The van der Waals surface area contributed by atoms with Gasteiger partial charge in [-0.3, -0.25) is 24.7 Å². The van der Waals surface area contributed by atoms with E-state index in [-0.39, 0.29) is 43.9 Å². The lowest BCUT2D eigenvalue weighted by atomic mass is 9.74. The maximum atomic E-state index is 14.6. The van der Waals surface area contributed by atoms with Gasteiger partial charge in [0.2, 0.25) is 0 Å². The zero-order chi connectivity index (χ0) is 47.1. The molecule has 2 aromatic carbocycles. The molecule has 0 aliphatic carbocycles. The molecule has 2 aliphatic heterocycles. The second-order valence-corrected chi connectivity index (χ2v) is 18.1. The van der Waals surface area contributed by atoms with Crippen molar-refractivity contribution in [1.82, 2.24) is 9.88 Å². The summed E-state index contributed by atoms with van der Waals surface area (Å²) >= 11 is 0. The average molecular weight is 891 g/mol. The first kappa shape index (κ1) is 50.3. The summed E-state index contributed by atoms with van der Waals surface area (Å²) in [5.41, 5.74) is -0.923. The van der Waals surface area contributed by atoms with E-state index in [1.165, 1.54) is 26.0 Å². The van der Waals surface area contributed by atoms with Gasteiger partial charge in [0.05, 0.1) is 46.7 Å². The lowest BCUT2D eigenvalue weighted by Crippen LogP contribution is -2.60. The number of Topliss-reactive ketones (excluding diaryl/α,β-unsaturated/α-hetero) is 1.